The van der Waals surface area contributed by atoms with E-state index in [9.17, 15) is 20.0 Å². The van der Waals surface area contributed by atoms with E-state index in [0.29, 0.717) is 27.1 Å². The minimum absolute atomic E-state index is 0.103. The van der Waals surface area contributed by atoms with Gasteiger partial charge in [0.05, 0.1) is 17.6 Å². The third-order valence-corrected chi connectivity index (χ3v) is 7.22. The van der Waals surface area contributed by atoms with E-state index in [-0.39, 0.29) is 12.2 Å². The van der Waals surface area contributed by atoms with E-state index < -0.39 is 22.3 Å². The Morgan fingerprint density at radius 2 is 2.00 bits per heavy atom. The fourth-order valence-electron chi connectivity index (χ4n) is 4.60. The first-order valence-corrected chi connectivity index (χ1v) is 12.6. The number of nitrogens with zero attached hydrogens (tertiary/aromatic N) is 2. The number of benzene rings is 2. The second-order valence-corrected chi connectivity index (χ2v) is 9.51. The molecule has 9 heteroatoms. The zero-order chi connectivity index (χ0) is 25.4. The molecule has 0 unspecified atom stereocenters. The molecule has 8 nitrogen and oxygen atoms in total. The molecule has 0 saturated heterocycles. The summed E-state index contributed by atoms with van der Waals surface area (Å²) in [6.45, 7) is 3.90. The van der Waals surface area contributed by atoms with Gasteiger partial charge in [0, 0.05) is 40.1 Å². The van der Waals surface area contributed by atoms with Gasteiger partial charge in [-0.15, -0.1) is 11.3 Å². The SMILES string of the molecule is CCOC(=O)c1c(-c2ccc(C)cc2)csc1N=Cc1c([O-])c([N+](=O)[O-])cc2oc3c(c12)CCCC3. The highest BCUT2D eigenvalue weighted by Crippen LogP contribution is 2.42. The molecule has 0 atom stereocenters. The quantitative estimate of drug-likeness (QED) is 0.133. The van der Waals surface area contributed by atoms with E-state index in [1.807, 2.05) is 36.6 Å². The van der Waals surface area contributed by atoms with Gasteiger partial charge in [0.2, 0.25) is 0 Å². The Kier molecular flexibility index (Phi) is 6.32. The molecule has 5 rings (SSSR count). The van der Waals surface area contributed by atoms with Crippen LogP contribution in [0.15, 0.2) is 45.1 Å². The lowest BCUT2D eigenvalue weighted by Gasteiger charge is -2.14. The van der Waals surface area contributed by atoms with Crippen molar-refractivity contribution in [3.63, 3.8) is 0 Å². The molecule has 0 bridgehead atoms. The highest BCUT2D eigenvalue weighted by atomic mass is 32.1. The van der Waals surface area contributed by atoms with Crippen molar-refractivity contribution in [3.8, 4) is 16.9 Å². The Morgan fingerprint density at radius 1 is 1.25 bits per heavy atom. The van der Waals surface area contributed by atoms with Crippen LogP contribution in [0.25, 0.3) is 22.1 Å². The zero-order valence-corrected chi connectivity index (χ0v) is 20.6. The van der Waals surface area contributed by atoms with Crippen LogP contribution >= 0.6 is 11.3 Å². The lowest BCUT2D eigenvalue weighted by atomic mass is 9.93. The van der Waals surface area contributed by atoms with Crippen LogP contribution in [0, 0.1) is 17.0 Å². The van der Waals surface area contributed by atoms with Crippen molar-refractivity contribution in [3.05, 3.63) is 73.8 Å². The molecule has 0 amide bonds. The predicted molar refractivity (Wildman–Crippen MR) is 137 cm³/mol. The Balaban J connectivity index is 1.67. The molecule has 0 saturated carbocycles. The fourth-order valence-corrected chi connectivity index (χ4v) is 5.50. The lowest BCUT2D eigenvalue weighted by Crippen LogP contribution is -2.06. The number of aryl methyl sites for hydroxylation is 3. The van der Waals surface area contributed by atoms with Crippen LogP contribution in [0.5, 0.6) is 5.75 Å². The van der Waals surface area contributed by atoms with Crippen molar-refractivity contribution in [2.45, 2.75) is 39.5 Å². The van der Waals surface area contributed by atoms with Gasteiger partial charge >= 0.3 is 5.97 Å². The monoisotopic (exact) mass is 503 g/mol. The summed E-state index contributed by atoms with van der Waals surface area (Å²) in [6.07, 6.45) is 4.69. The summed E-state index contributed by atoms with van der Waals surface area (Å²) < 4.78 is 11.2. The molecule has 2 heterocycles. The van der Waals surface area contributed by atoms with E-state index >= 15 is 0 Å². The second-order valence-electron chi connectivity index (χ2n) is 8.65. The molecule has 0 fully saturated rings. The number of hydrogen-bond donors (Lipinski definition) is 0. The van der Waals surface area contributed by atoms with Gasteiger partial charge in [-0.25, -0.2) is 9.79 Å². The maximum atomic E-state index is 13.1. The Labute approximate surface area is 211 Å². The number of hydrogen-bond acceptors (Lipinski definition) is 8. The number of aliphatic imine (C=N–C) groups is 1. The van der Waals surface area contributed by atoms with Crippen LogP contribution in [-0.2, 0) is 17.6 Å². The third-order valence-electron chi connectivity index (χ3n) is 6.33. The van der Waals surface area contributed by atoms with Gasteiger partial charge in [-0.05, 0) is 44.4 Å². The summed E-state index contributed by atoms with van der Waals surface area (Å²) in [5.41, 5.74) is 3.66. The maximum Gasteiger partial charge on any atom is 0.341 e. The van der Waals surface area contributed by atoms with Crippen LogP contribution in [-0.4, -0.2) is 23.7 Å². The van der Waals surface area contributed by atoms with Gasteiger partial charge in [0.25, 0.3) is 5.69 Å². The number of rotatable bonds is 6. The van der Waals surface area contributed by atoms with Crippen LogP contribution in [0.2, 0.25) is 0 Å². The molecule has 2 aromatic carbocycles. The maximum absolute atomic E-state index is 13.1. The molecule has 36 heavy (non-hydrogen) atoms. The van der Waals surface area contributed by atoms with E-state index in [2.05, 4.69) is 4.99 Å². The van der Waals surface area contributed by atoms with Crippen molar-refractivity contribution >= 4 is 45.2 Å². The number of nitro groups is 1. The van der Waals surface area contributed by atoms with Crippen molar-refractivity contribution < 1.29 is 24.0 Å². The third kappa shape index (κ3) is 4.15. The van der Waals surface area contributed by atoms with E-state index in [1.165, 1.54) is 23.6 Å². The van der Waals surface area contributed by atoms with E-state index in [0.717, 1.165) is 48.1 Å². The first-order valence-electron chi connectivity index (χ1n) is 11.7. The molecular weight excluding hydrogens is 480 g/mol. The van der Waals surface area contributed by atoms with Crippen molar-refractivity contribution in [1.82, 2.24) is 0 Å². The number of nitro benzene ring substituents is 1. The molecule has 0 aliphatic heterocycles. The Hall–Kier alpha value is -3.98. The molecule has 0 radical (unpaired) electrons. The molecule has 0 N–H and O–H groups in total. The van der Waals surface area contributed by atoms with Crippen molar-refractivity contribution in [2.75, 3.05) is 6.61 Å². The molecule has 184 valence electrons. The van der Waals surface area contributed by atoms with Gasteiger partial charge in [0.1, 0.15) is 21.9 Å². The topological polar surface area (TPSA) is 118 Å². The standard InChI is InChI=1S/C27H24N2O6S/c1-3-34-27(31)24-19(16-10-8-15(2)9-11-16)14-36-26(24)28-13-18-23-17-6-4-5-7-21(17)35-22(23)12-20(25(18)30)29(32)33/h8-14,30H,3-7H2,1-2H3/p-1. The minimum Gasteiger partial charge on any atom is -0.867 e. The number of esters is 1. The molecule has 1 aliphatic carbocycles. The number of ether oxygens (including phenoxy) is 1. The van der Waals surface area contributed by atoms with Crippen LogP contribution in [0.1, 0.15) is 52.6 Å². The normalized spacial score (nSPS) is 13.3. The van der Waals surface area contributed by atoms with Crippen molar-refractivity contribution in [2.24, 2.45) is 4.99 Å². The number of thiophene rings is 1. The highest BCUT2D eigenvalue weighted by molar-refractivity contribution is 7.14. The van der Waals surface area contributed by atoms with Crippen LogP contribution in [0.4, 0.5) is 10.7 Å². The molecule has 0 spiro atoms. The lowest BCUT2D eigenvalue weighted by molar-refractivity contribution is -0.398. The summed E-state index contributed by atoms with van der Waals surface area (Å²) in [5, 5.41) is 27.5. The molecule has 2 aromatic heterocycles. The summed E-state index contributed by atoms with van der Waals surface area (Å²) in [4.78, 5) is 28.3. The number of furan rings is 1. The smallest absolute Gasteiger partial charge is 0.341 e. The number of fused-ring (bicyclic) bond motifs is 3. The minimum atomic E-state index is -0.724. The highest BCUT2D eigenvalue weighted by Gasteiger charge is 2.25. The predicted octanol–water partition coefficient (Wildman–Crippen LogP) is 6.26. The first kappa shape index (κ1) is 23.7. The zero-order valence-electron chi connectivity index (χ0n) is 19.8. The van der Waals surface area contributed by atoms with Gasteiger partial charge in [-0.2, -0.15) is 0 Å². The summed E-state index contributed by atoms with van der Waals surface area (Å²) >= 11 is 1.24. The van der Waals surface area contributed by atoms with Gasteiger partial charge in [-0.3, -0.25) is 10.1 Å². The largest absolute Gasteiger partial charge is 0.867 e. The number of carbonyl (C=O) groups is 1. The van der Waals surface area contributed by atoms with E-state index in [1.54, 1.807) is 6.92 Å². The summed E-state index contributed by atoms with van der Waals surface area (Å²) in [7, 11) is 0. The first-order chi connectivity index (χ1) is 17.4. The molecular formula is C27H23N2O6S-. The van der Waals surface area contributed by atoms with E-state index in [4.69, 9.17) is 9.15 Å². The van der Waals surface area contributed by atoms with Gasteiger partial charge < -0.3 is 14.3 Å². The Morgan fingerprint density at radius 3 is 2.72 bits per heavy atom. The summed E-state index contributed by atoms with van der Waals surface area (Å²) in [6, 6.07) is 8.96. The van der Waals surface area contributed by atoms with Gasteiger partial charge in [-0.1, -0.05) is 29.8 Å². The number of carbonyl (C=O) groups excluding carboxylic acids is 1. The fraction of sp³-hybridized carbons (Fsp3) is 0.259. The molecule has 1 aliphatic rings. The Bertz CT molecular complexity index is 1510. The average Bonchev–Trinajstić information content (AvgIpc) is 3.45. The second kappa shape index (κ2) is 9.58. The average molecular weight is 504 g/mol. The van der Waals surface area contributed by atoms with Crippen LogP contribution < -0.4 is 5.11 Å². The van der Waals surface area contributed by atoms with Crippen molar-refractivity contribution in [1.29, 1.82) is 0 Å². The van der Waals surface area contributed by atoms with Gasteiger partial charge in [0.15, 0.2) is 0 Å². The summed E-state index contributed by atoms with van der Waals surface area (Å²) in [5.74, 6) is -0.483. The molecule has 4 aromatic rings. The van der Waals surface area contributed by atoms with Crippen LogP contribution in [0.3, 0.4) is 0 Å².